The second-order valence-corrected chi connectivity index (χ2v) is 4.86. The summed E-state index contributed by atoms with van der Waals surface area (Å²) in [5.41, 5.74) is 1.67. The fourth-order valence-electron chi connectivity index (χ4n) is 2.21. The zero-order chi connectivity index (χ0) is 14.7. The molecule has 0 fully saturated rings. The minimum atomic E-state index is -0.391. The minimum absolute atomic E-state index is 0.0489. The summed E-state index contributed by atoms with van der Waals surface area (Å²) in [7, 11) is 1.70. The van der Waals surface area contributed by atoms with E-state index in [0.717, 1.165) is 0 Å². The first kappa shape index (κ1) is 14.0. The Morgan fingerprint density at radius 2 is 2.05 bits per heavy atom. The minimum Gasteiger partial charge on any atom is -0.364 e. The SMILES string of the molecule is Cc1nn(C)c(NCC(C)c2ccccc2)c1[N+](=O)[O-]. The van der Waals surface area contributed by atoms with E-state index in [9.17, 15) is 10.1 Å². The van der Waals surface area contributed by atoms with Gasteiger partial charge in [0.1, 0.15) is 5.69 Å². The van der Waals surface area contributed by atoms with E-state index in [1.165, 1.54) is 10.2 Å². The molecule has 0 bridgehead atoms. The number of aromatic nitrogens is 2. The van der Waals surface area contributed by atoms with Crippen molar-refractivity contribution in [2.45, 2.75) is 19.8 Å². The molecule has 6 heteroatoms. The monoisotopic (exact) mass is 274 g/mol. The Balaban J connectivity index is 2.14. The summed E-state index contributed by atoms with van der Waals surface area (Å²) in [6, 6.07) is 10.1. The molecule has 0 aliphatic carbocycles. The van der Waals surface area contributed by atoms with Crippen molar-refractivity contribution in [3.63, 3.8) is 0 Å². The lowest BCUT2D eigenvalue weighted by Crippen LogP contribution is -2.13. The fraction of sp³-hybridized carbons (Fsp3) is 0.357. The Labute approximate surface area is 117 Å². The molecule has 106 valence electrons. The number of anilines is 1. The topological polar surface area (TPSA) is 73.0 Å². The highest BCUT2D eigenvalue weighted by Crippen LogP contribution is 2.28. The molecule has 0 spiro atoms. The lowest BCUT2D eigenvalue weighted by Gasteiger charge is -2.13. The molecule has 0 aliphatic rings. The smallest absolute Gasteiger partial charge is 0.333 e. The highest BCUT2D eigenvalue weighted by atomic mass is 16.6. The first-order valence-corrected chi connectivity index (χ1v) is 6.47. The predicted octanol–water partition coefficient (Wildman–Crippen LogP) is 2.85. The number of rotatable bonds is 5. The van der Waals surface area contributed by atoms with Gasteiger partial charge in [-0.15, -0.1) is 0 Å². The number of nitro groups is 1. The Hall–Kier alpha value is -2.37. The number of nitrogens with one attached hydrogen (secondary N) is 1. The molecule has 6 nitrogen and oxygen atoms in total. The van der Waals surface area contributed by atoms with Gasteiger partial charge in [-0.25, -0.2) is 4.68 Å². The molecule has 0 saturated heterocycles. The number of hydrogen-bond donors (Lipinski definition) is 1. The average Bonchev–Trinajstić information content (AvgIpc) is 2.71. The Kier molecular flexibility index (Phi) is 4.02. The molecule has 1 unspecified atom stereocenters. The van der Waals surface area contributed by atoms with E-state index in [2.05, 4.69) is 29.5 Å². The van der Waals surface area contributed by atoms with E-state index in [4.69, 9.17) is 0 Å². The van der Waals surface area contributed by atoms with Crippen molar-refractivity contribution in [3.8, 4) is 0 Å². The number of aryl methyl sites for hydroxylation is 2. The van der Waals surface area contributed by atoms with Crippen LogP contribution in [0.25, 0.3) is 0 Å². The summed E-state index contributed by atoms with van der Waals surface area (Å²) >= 11 is 0. The Bertz CT molecular complexity index is 607. The molecule has 0 saturated carbocycles. The van der Waals surface area contributed by atoms with Crippen molar-refractivity contribution in [2.24, 2.45) is 7.05 Å². The first-order valence-electron chi connectivity index (χ1n) is 6.47. The third-order valence-electron chi connectivity index (χ3n) is 3.32. The van der Waals surface area contributed by atoms with Gasteiger partial charge >= 0.3 is 5.69 Å². The van der Waals surface area contributed by atoms with Gasteiger partial charge in [0, 0.05) is 13.6 Å². The quantitative estimate of drug-likeness (QED) is 0.672. The Morgan fingerprint density at radius 3 is 2.65 bits per heavy atom. The molecule has 0 amide bonds. The third-order valence-corrected chi connectivity index (χ3v) is 3.32. The highest BCUT2D eigenvalue weighted by Gasteiger charge is 2.24. The molecule has 2 rings (SSSR count). The second-order valence-electron chi connectivity index (χ2n) is 4.86. The molecule has 1 heterocycles. The third kappa shape index (κ3) is 2.79. The lowest BCUT2D eigenvalue weighted by molar-refractivity contribution is -0.384. The largest absolute Gasteiger partial charge is 0.364 e. The maximum absolute atomic E-state index is 11.1. The summed E-state index contributed by atoms with van der Waals surface area (Å²) < 4.78 is 1.52. The highest BCUT2D eigenvalue weighted by molar-refractivity contribution is 5.59. The second kappa shape index (κ2) is 5.73. The van der Waals surface area contributed by atoms with Crippen LogP contribution in [0.5, 0.6) is 0 Å². The van der Waals surface area contributed by atoms with Gasteiger partial charge in [-0.1, -0.05) is 37.3 Å². The van der Waals surface area contributed by atoms with Gasteiger partial charge in [0.15, 0.2) is 0 Å². The normalized spacial score (nSPS) is 12.2. The number of hydrogen-bond acceptors (Lipinski definition) is 4. The van der Waals surface area contributed by atoms with E-state index >= 15 is 0 Å². The zero-order valence-electron chi connectivity index (χ0n) is 11.8. The summed E-state index contributed by atoms with van der Waals surface area (Å²) in [5, 5.41) is 18.3. The molecule has 1 N–H and O–H groups in total. The molecular formula is C14H18N4O2. The maximum Gasteiger partial charge on any atom is 0.333 e. The van der Waals surface area contributed by atoms with Crippen LogP contribution in [0.2, 0.25) is 0 Å². The van der Waals surface area contributed by atoms with Crippen LogP contribution >= 0.6 is 0 Å². The van der Waals surface area contributed by atoms with Crippen LogP contribution in [0.15, 0.2) is 30.3 Å². The molecule has 1 aromatic carbocycles. The summed E-state index contributed by atoms with van der Waals surface area (Å²) in [4.78, 5) is 10.7. The van der Waals surface area contributed by atoms with Crippen LogP contribution < -0.4 is 5.32 Å². The van der Waals surface area contributed by atoms with Gasteiger partial charge in [-0.3, -0.25) is 10.1 Å². The van der Waals surface area contributed by atoms with Crippen molar-refractivity contribution < 1.29 is 4.92 Å². The molecular weight excluding hydrogens is 256 g/mol. The van der Waals surface area contributed by atoms with Crippen molar-refractivity contribution in [2.75, 3.05) is 11.9 Å². The van der Waals surface area contributed by atoms with Gasteiger partial charge in [-0.05, 0) is 18.4 Å². The fourth-order valence-corrected chi connectivity index (χ4v) is 2.21. The summed E-state index contributed by atoms with van der Waals surface area (Å²) in [6.45, 7) is 4.34. The maximum atomic E-state index is 11.1. The first-order chi connectivity index (χ1) is 9.50. The van der Waals surface area contributed by atoms with Gasteiger partial charge in [0.2, 0.25) is 5.82 Å². The molecule has 1 atom stereocenters. The van der Waals surface area contributed by atoms with Crippen molar-refractivity contribution in [1.82, 2.24) is 9.78 Å². The lowest BCUT2D eigenvalue weighted by atomic mass is 10.0. The standard InChI is InChI=1S/C14H18N4O2/c1-10(12-7-5-4-6-8-12)9-15-14-13(18(19)20)11(2)16-17(14)3/h4-8,10,15H,9H2,1-3H3. The van der Waals surface area contributed by atoms with Crippen LogP contribution in [-0.2, 0) is 7.05 Å². The Morgan fingerprint density at radius 1 is 1.40 bits per heavy atom. The van der Waals surface area contributed by atoms with Crippen molar-refractivity contribution >= 4 is 11.5 Å². The van der Waals surface area contributed by atoms with Crippen LogP contribution in [0, 0.1) is 17.0 Å². The summed E-state index contributed by atoms with van der Waals surface area (Å²) in [6.07, 6.45) is 0. The van der Waals surface area contributed by atoms with E-state index in [1.54, 1.807) is 14.0 Å². The van der Waals surface area contributed by atoms with Crippen LogP contribution in [0.1, 0.15) is 24.1 Å². The molecule has 2 aromatic rings. The van der Waals surface area contributed by atoms with Gasteiger partial charge in [0.05, 0.1) is 4.92 Å². The van der Waals surface area contributed by atoms with E-state index < -0.39 is 4.92 Å². The number of benzene rings is 1. The average molecular weight is 274 g/mol. The van der Waals surface area contributed by atoms with E-state index in [1.807, 2.05) is 18.2 Å². The van der Waals surface area contributed by atoms with Gasteiger partial charge in [-0.2, -0.15) is 5.10 Å². The van der Waals surface area contributed by atoms with Crippen molar-refractivity contribution in [3.05, 3.63) is 51.7 Å². The van der Waals surface area contributed by atoms with Gasteiger partial charge in [0.25, 0.3) is 0 Å². The molecule has 0 aliphatic heterocycles. The van der Waals surface area contributed by atoms with Crippen LogP contribution in [0.3, 0.4) is 0 Å². The molecule has 0 radical (unpaired) electrons. The van der Waals surface area contributed by atoms with E-state index in [-0.39, 0.29) is 11.6 Å². The number of nitrogens with zero attached hydrogens (tertiary/aromatic N) is 3. The van der Waals surface area contributed by atoms with Crippen LogP contribution in [0.4, 0.5) is 11.5 Å². The molecule has 1 aromatic heterocycles. The zero-order valence-corrected chi connectivity index (χ0v) is 11.8. The predicted molar refractivity (Wildman–Crippen MR) is 77.9 cm³/mol. The van der Waals surface area contributed by atoms with Crippen molar-refractivity contribution in [1.29, 1.82) is 0 Å². The molecule has 20 heavy (non-hydrogen) atoms. The summed E-state index contributed by atoms with van der Waals surface area (Å²) in [5.74, 6) is 0.710. The van der Waals surface area contributed by atoms with Crippen LogP contribution in [-0.4, -0.2) is 21.2 Å². The van der Waals surface area contributed by atoms with E-state index in [0.29, 0.717) is 18.1 Å². The van der Waals surface area contributed by atoms with Gasteiger partial charge < -0.3 is 5.32 Å².